The van der Waals surface area contributed by atoms with E-state index in [2.05, 4.69) is 10.1 Å². The number of halogens is 1. The number of ether oxygens (including phenoxy) is 1. The van der Waals surface area contributed by atoms with Gasteiger partial charge in [0.1, 0.15) is 24.0 Å². The van der Waals surface area contributed by atoms with E-state index >= 15 is 0 Å². The predicted molar refractivity (Wildman–Crippen MR) is 72.1 cm³/mol. The molecule has 20 heavy (non-hydrogen) atoms. The second-order valence-electron chi connectivity index (χ2n) is 4.21. The quantitative estimate of drug-likeness (QED) is 0.379. The van der Waals surface area contributed by atoms with Crippen molar-refractivity contribution < 1.29 is 14.3 Å². The number of amidine groups is 1. The molecule has 0 bridgehead atoms. The zero-order valence-corrected chi connectivity index (χ0v) is 10.7. The molecule has 3 N–H and O–H groups in total. The lowest BCUT2D eigenvalue weighted by Crippen LogP contribution is -2.14. The maximum Gasteiger partial charge on any atom is 0.143 e. The van der Waals surface area contributed by atoms with E-state index in [0.717, 1.165) is 11.8 Å². The summed E-state index contributed by atoms with van der Waals surface area (Å²) in [5.74, 6) is 0.405. The number of hydrogen-bond donors (Lipinski definition) is 2. The lowest BCUT2D eigenvalue weighted by molar-refractivity contribution is 0.305. The lowest BCUT2D eigenvalue weighted by Gasteiger charge is -2.07. The molecule has 0 unspecified atom stereocenters. The van der Waals surface area contributed by atoms with Gasteiger partial charge in [-0.05, 0) is 23.8 Å². The standard InChI is InChI=1S/C14H14FN3O2/c15-12-5-11(7-17-8-12)9-20-13-3-1-10(2-4-13)6-14(16)18-19/h1-5,7-8,19H,6,9H2,(H2,16,18). The maximum atomic E-state index is 12.9. The molecule has 2 rings (SSSR count). The molecule has 1 heterocycles. The van der Waals surface area contributed by atoms with Crippen molar-refractivity contribution in [1.29, 1.82) is 0 Å². The number of pyridine rings is 1. The smallest absolute Gasteiger partial charge is 0.143 e. The molecule has 0 aliphatic carbocycles. The Morgan fingerprint density at radius 1 is 1.25 bits per heavy atom. The van der Waals surface area contributed by atoms with Crippen molar-refractivity contribution in [3.63, 3.8) is 0 Å². The Morgan fingerprint density at radius 3 is 2.65 bits per heavy atom. The first-order valence-corrected chi connectivity index (χ1v) is 5.95. The van der Waals surface area contributed by atoms with E-state index in [4.69, 9.17) is 15.7 Å². The molecule has 0 saturated heterocycles. The van der Waals surface area contributed by atoms with Crippen molar-refractivity contribution in [1.82, 2.24) is 4.98 Å². The molecule has 104 valence electrons. The van der Waals surface area contributed by atoms with Crippen LogP contribution in [-0.2, 0) is 13.0 Å². The highest BCUT2D eigenvalue weighted by Crippen LogP contribution is 2.14. The molecule has 0 spiro atoms. The van der Waals surface area contributed by atoms with Gasteiger partial charge in [-0.2, -0.15) is 0 Å². The van der Waals surface area contributed by atoms with Crippen LogP contribution in [0.3, 0.4) is 0 Å². The number of nitrogens with zero attached hydrogens (tertiary/aromatic N) is 2. The summed E-state index contributed by atoms with van der Waals surface area (Å²) in [6.45, 7) is 0.240. The average Bonchev–Trinajstić information content (AvgIpc) is 2.46. The summed E-state index contributed by atoms with van der Waals surface area (Å²) < 4.78 is 18.5. The van der Waals surface area contributed by atoms with Gasteiger partial charge in [0.25, 0.3) is 0 Å². The Balaban J connectivity index is 1.94. The molecule has 0 fully saturated rings. The van der Waals surface area contributed by atoms with Gasteiger partial charge in [-0.1, -0.05) is 17.3 Å². The van der Waals surface area contributed by atoms with Crippen molar-refractivity contribution in [3.8, 4) is 5.75 Å². The Labute approximate surface area is 115 Å². The van der Waals surface area contributed by atoms with Crippen molar-refractivity contribution in [2.75, 3.05) is 0 Å². The first-order valence-electron chi connectivity index (χ1n) is 5.95. The molecule has 2 aromatic rings. The van der Waals surface area contributed by atoms with Gasteiger partial charge < -0.3 is 15.7 Å². The monoisotopic (exact) mass is 275 g/mol. The third-order valence-electron chi connectivity index (χ3n) is 2.60. The van der Waals surface area contributed by atoms with Crippen LogP contribution in [0.5, 0.6) is 5.75 Å². The second-order valence-corrected chi connectivity index (χ2v) is 4.21. The highest BCUT2D eigenvalue weighted by Gasteiger charge is 2.01. The van der Waals surface area contributed by atoms with Crippen molar-refractivity contribution in [3.05, 3.63) is 59.7 Å². The summed E-state index contributed by atoms with van der Waals surface area (Å²) in [4.78, 5) is 3.75. The van der Waals surface area contributed by atoms with Gasteiger partial charge in [-0.3, -0.25) is 4.98 Å². The van der Waals surface area contributed by atoms with Crippen LogP contribution in [0, 0.1) is 5.82 Å². The van der Waals surface area contributed by atoms with E-state index in [0.29, 0.717) is 17.7 Å². The molecule has 1 aromatic carbocycles. The molecule has 0 amide bonds. The first kappa shape index (κ1) is 13.8. The Morgan fingerprint density at radius 2 is 2.00 bits per heavy atom. The van der Waals surface area contributed by atoms with Gasteiger partial charge >= 0.3 is 0 Å². The van der Waals surface area contributed by atoms with Crippen molar-refractivity contribution in [2.45, 2.75) is 13.0 Å². The molecular weight excluding hydrogens is 261 g/mol. The van der Waals surface area contributed by atoms with E-state index in [-0.39, 0.29) is 18.3 Å². The summed E-state index contributed by atoms with van der Waals surface area (Å²) in [6.07, 6.45) is 3.06. The summed E-state index contributed by atoms with van der Waals surface area (Å²) in [5, 5.41) is 11.4. The molecule has 0 aliphatic heterocycles. The van der Waals surface area contributed by atoms with E-state index in [1.165, 1.54) is 6.07 Å². The van der Waals surface area contributed by atoms with Crippen LogP contribution in [0.1, 0.15) is 11.1 Å². The molecule has 0 atom stereocenters. The van der Waals surface area contributed by atoms with Gasteiger partial charge in [0.2, 0.25) is 0 Å². The molecule has 0 aliphatic rings. The predicted octanol–water partition coefficient (Wildman–Crippen LogP) is 2.09. The normalized spacial score (nSPS) is 11.3. The number of hydrogen-bond acceptors (Lipinski definition) is 4. The summed E-state index contributed by atoms with van der Waals surface area (Å²) in [6, 6.07) is 8.55. The SMILES string of the molecule is N/C(Cc1ccc(OCc2cncc(F)c2)cc1)=N/O. The van der Waals surface area contributed by atoms with E-state index in [1.54, 1.807) is 18.3 Å². The number of aromatic nitrogens is 1. The number of oxime groups is 1. The minimum Gasteiger partial charge on any atom is -0.489 e. The highest BCUT2D eigenvalue weighted by molar-refractivity contribution is 5.82. The van der Waals surface area contributed by atoms with Gasteiger partial charge in [0, 0.05) is 18.2 Å². The van der Waals surface area contributed by atoms with Crippen molar-refractivity contribution in [2.24, 2.45) is 10.9 Å². The molecule has 0 saturated carbocycles. The number of benzene rings is 1. The third kappa shape index (κ3) is 3.94. The lowest BCUT2D eigenvalue weighted by atomic mass is 10.1. The molecule has 0 radical (unpaired) electrons. The van der Waals surface area contributed by atoms with Crippen LogP contribution >= 0.6 is 0 Å². The van der Waals surface area contributed by atoms with E-state index in [9.17, 15) is 4.39 Å². The topological polar surface area (TPSA) is 80.7 Å². The van der Waals surface area contributed by atoms with Crippen LogP contribution in [0.4, 0.5) is 4.39 Å². The Kier molecular flexibility index (Phi) is 4.49. The maximum absolute atomic E-state index is 12.9. The minimum atomic E-state index is -0.389. The first-order chi connectivity index (χ1) is 9.67. The molecule has 6 heteroatoms. The fraction of sp³-hybridized carbons (Fsp3) is 0.143. The minimum absolute atomic E-state index is 0.143. The average molecular weight is 275 g/mol. The van der Waals surface area contributed by atoms with Crippen LogP contribution in [0.15, 0.2) is 47.9 Å². The Bertz CT molecular complexity index is 600. The second kappa shape index (κ2) is 6.51. The molecule has 5 nitrogen and oxygen atoms in total. The van der Waals surface area contributed by atoms with Gasteiger partial charge in [-0.25, -0.2) is 4.39 Å². The van der Waals surface area contributed by atoms with Crippen molar-refractivity contribution >= 4 is 5.84 Å². The van der Waals surface area contributed by atoms with E-state index in [1.807, 2.05) is 12.1 Å². The van der Waals surface area contributed by atoms with Gasteiger partial charge in [0.15, 0.2) is 0 Å². The fourth-order valence-corrected chi connectivity index (χ4v) is 1.65. The van der Waals surface area contributed by atoms with Crippen LogP contribution in [0.2, 0.25) is 0 Å². The number of rotatable bonds is 5. The van der Waals surface area contributed by atoms with Gasteiger partial charge in [-0.15, -0.1) is 0 Å². The van der Waals surface area contributed by atoms with Gasteiger partial charge in [0.05, 0.1) is 6.20 Å². The van der Waals surface area contributed by atoms with Crippen LogP contribution in [-0.4, -0.2) is 16.0 Å². The Hall–Kier alpha value is -2.63. The zero-order chi connectivity index (χ0) is 14.4. The van der Waals surface area contributed by atoms with Crippen LogP contribution in [0.25, 0.3) is 0 Å². The summed E-state index contributed by atoms with van der Waals surface area (Å²) in [7, 11) is 0. The zero-order valence-electron chi connectivity index (χ0n) is 10.7. The van der Waals surface area contributed by atoms with Crippen LogP contribution < -0.4 is 10.5 Å². The number of nitrogens with two attached hydrogens (primary N) is 1. The van der Waals surface area contributed by atoms with E-state index < -0.39 is 0 Å². The third-order valence-corrected chi connectivity index (χ3v) is 2.60. The largest absolute Gasteiger partial charge is 0.489 e. The molecule has 1 aromatic heterocycles. The fourth-order valence-electron chi connectivity index (χ4n) is 1.65. The molecular formula is C14H14FN3O2. The highest BCUT2D eigenvalue weighted by atomic mass is 19.1. The summed E-state index contributed by atoms with van der Waals surface area (Å²) >= 11 is 0. The summed E-state index contributed by atoms with van der Waals surface area (Å²) in [5.41, 5.74) is 6.98.